The second-order valence-corrected chi connectivity index (χ2v) is 7.75. The quantitative estimate of drug-likeness (QED) is 0.468. The van der Waals surface area contributed by atoms with Gasteiger partial charge in [-0.1, -0.05) is 12.1 Å². The highest BCUT2D eigenvalue weighted by Crippen LogP contribution is 2.28. The number of hydrogen-bond acceptors (Lipinski definition) is 6. The van der Waals surface area contributed by atoms with Gasteiger partial charge in [-0.2, -0.15) is 0 Å². The first-order valence-electron chi connectivity index (χ1n) is 8.85. The van der Waals surface area contributed by atoms with E-state index in [-0.39, 0.29) is 11.7 Å². The number of anilines is 2. The SMILES string of the molecule is CC1(c2cccc(NC(=O)c3ccc(NC(=O)c4ccco4)s3)c2)NC(=O)NC1=O. The summed E-state index contributed by atoms with van der Waals surface area (Å²) in [5.74, 6) is -1.08. The fourth-order valence-electron chi connectivity index (χ4n) is 2.96. The van der Waals surface area contributed by atoms with Crippen molar-refractivity contribution in [3.63, 3.8) is 0 Å². The largest absolute Gasteiger partial charge is 0.459 e. The number of furan rings is 1. The molecule has 1 atom stereocenters. The number of benzene rings is 1. The van der Waals surface area contributed by atoms with E-state index in [0.29, 0.717) is 21.1 Å². The van der Waals surface area contributed by atoms with Gasteiger partial charge in [0.05, 0.1) is 16.1 Å². The van der Waals surface area contributed by atoms with Crippen molar-refractivity contribution < 1.29 is 23.6 Å². The smallest absolute Gasteiger partial charge is 0.322 e. The van der Waals surface area contributed by atoms with E-state index in [1.54, 1.807) is 49.4 Å². The average Bonchev–Trinajstić information content (AvgIpc) is 3.44. The van der Waals surface area contributed by atoms with Crippen LogP contribution >= 0.6 is 11.3 Å². The molecule has 0 saturated carbocycles. The Kier molecular flexibility index (Phi) is 4.84. The highest BCUT2D eigenvalue weighted by molar-refractivity contribution is 7.18. The second-order valence-electron chi connectivity index (χ2n) is 6.66. The van der Waals surface area contributed by atoms with E-state index in [9.17, 15) is 19.2 Å². The minimum atomic E-state index is -1.22. The molecule has 0 spiro atoms. The topological polar surface area (TPSA) is 130 Å². The predicted molar refractivity (Wildman–Crippen MR) is 109 cm³/mol. The Morgan fingerprint density at radius 2 is 1.87 bits per heavy atom. The molecule has 0 radical (unpaired) electrons. The molecule has 3 aromatic rings. The summed E-state index contributed by atoms with van der Waals surface area (Å²) < 4.78 is 5.04. The lowest BCUT2D eigenvalue weighted by Gasteiger charge is -2.21. The van der Waals surface area contributed by atoms with Crippen molar-refractivity contribution in [1.29, 1.82) is 0 Å². The van der Waals surface area contributed by atoms with Crippen LogP contribution in [0.2, 0.25) is 0 Å². The van der Waals surface area contributed by atoms with Crippen LogP contribution in [0.1, 0.15) is 32.7 Å². The summed E-state index contributed by atoms with van der Waals surface area (Å²) >= 11 is 1.11. The summed E-state index contributed by atoms with van der Waals surface area (Å²) in [6.45, 7) is 1.58. The first kappa shape index (κ1) is 19.4. The standard InChI is InChI=1S/C20H16N4O5S/c1-20(18(27)23-19(28)24-20)11-4-2-5-12(10-11)21-17(26)14-7-8-15(30-14)22-16(25)13-6-3-9-29-13/h2-10H,1H3,(H,21,26)(H,22,25)(H2,23,24,27,28). The molecule has 0 aliphatic carbocycles. The van der Waals surface area contributed by atoms with Crippen molar-refractivity contribution in [2.45, 2.75) is 12.5 Å². The molecule has 0 bridgehead atoms. The highest BCUT2D eigenvalue weighted by atomic mass is 32.1. The van der Waals surface area contributed by atoms with Crippen LogP contribution in [-0.2, 0) is 10.3 Å². The van der Waals surface area contributed by atoms with Gasteiger partial charge in [0, 0.05) is 5.69 Å². The summed E-state index contributed by atoms with van der Waals surface area (Å²) in [7, 11) is 0. The Labute approximate surface area is 174 Å². The molecule has 1 unspecified atom stereocenters. The number of carbonyl (C=O) groups is 4. The monoisotopic (exact) mass is 424 g/mol. The third-order valence-electron chi connectivity index (χ3n) is 4.55. The molecule has 4 rings (SSSR count). The van der Waals surface area contributed by atoms with Crippen LogP contribution in [0, 0.1) is 0 Å². The van der Waals surface area contributed by atoms with E-state index in [2.05, 4.69) is 21.3 Å². The zero-order chi connectivity index (χ0) is 21.3. The number of urea groups is 1. The van der Waals surface area contributed by atoms with Gasteiger partial charge < -0.3 is 20.4 Å². The number of carbonyl (C=O) groups excluding carboxylic acids is 4. The highest BCUT2D eigenvalue weighted by Gasteiger charge is 2.43. The maximum Gasteiger partial charge on any atom is 0.322 e. The van der Waals surface area contributed by atoms with Gasteiger partial charge in [0.2, 0.25) is 0 Å². The number of nitrogens with one attached hydrogen (secondary N) is 4. The minimum absolute atomic E-state index is 0.169. The molecule has 4 N–H and O–H groups in total. The molecule has 152 valence electrons. The molecule has 2 aromatic heterocycles. The Morgan fingerprint density at radius 3 is 2.57 bits per heavy atom. The zero-order valence-electron chi connectivity index (χ0n) is 15.6. The van der Waals surface area contributed by atoms with E-state index in [1.165, 1.54) is 12.3 Å². The Hall–Kier alpha value is -3.92. The van der Waals surface area contributed by atoms with Crippen molar-refractivity contribution >= 4 is 45.8 Å². The van der Waals surface area contributed by atoms with Crippen molar-refractivity contribution in [2.75, 3.05) is 10.6 Å². The number of amides is 5. The minimum Gasteiger partial charge on any atom is -0.459 e. The molecular weight excluding hydrogens is 408 g/mol. The summed E-state index contributed by atoms with van der Waals surface area (Å²) in [6, 6.07) is 12.5. The van der Waals surface area contributed by atoms with Gasteiger partial charge in [-0.3, -0.25) is 19.7 Å². The van der Waals surface area contributed by atoms with Gasteiger partial charge in [-0.15, -0.1) is 11.3 Å². The van der Waals surface area contributed by atoms with Crippen LogP contribution < -0.4 is 21.3 Å². The third kappa shape index (κ3) is 3.67. The number of imide groups is 1. The number of hydrogen-bond donors (Lipinski definition) is 4. The van der Waals surface area contributed by atoms with Crippen molar-refractivity contribution in [1.82, 2.24) is 10.6 Å². The van der Waals surface area contributed by atoms with E-state index in [4.69, 9.17) is 4.42 Å². The van der Waals surface area contributed by atoms with Crippen LogP contribution in [0.3, 0.4) is 0 Å². The van der Waals surface area contributed by atoms with Crippen LogP contribution in [0.5, 0.6) is 0 Å². The summed E-state index contributed by atoms with van der Waals surface area (Å²) in [5, 5.41) is 10.7. The molecular formula is C20H16N4O5S. The molecule has 5 amide bonds. The maximum absolute atomic E-state index is 12.6. The lowest BCUT2D eigenvalue weighted by atomic mass is 9.92. The van der Waals surface area contributed by atoms with E-state index in [1.807, 2.05) is 0 Å². The van der Waals surface area contributed by atoms with Gasteiger partial charge in [0.1, 0.15) is 5.54 Å². The first-order valence-corrected chi connectivity index (χ1v) is 9.67. The Bertz CT molecular complexity index is 1150. The van der Waals surface area contributed by atoms with Gasteiger partial charge in [-0.05, 0) is 48.9 Å². The number of rotatable bonds is 5. The lowest BCUT2D eigenvalue weighted by Crippen LogP contribution is -2.40. The summed E-state index contributed by atoms with van der Waals surface area (Å²) in [4.78, 5) is 48.6. The first-order chi connectivity index (χ1) is 14.3. The van der Waals surface area contributed by atoms with Crippen molar-refractivity contribution in [3.8, 4) is 0 Å². The number of thiophene rings is 1. The maximum atomic E-state index is 12.6. The van der Waals surface area contributed by atoms with Crippen LogP contribution in [-0.4, -0.2) is 23.8 Å². The molecule has 1 aliphatic rings. The van der Waals surface area contributed by atoms with Crippen molar-refractivity contribution in [3.05, 3.63) is 71.0 Å². The molecule has 1 aliphatic heterocycles. The Morgan fingerprint density at radius 1 is 1.03 bits per heavy atom. The predicted octanol–water partition coefficient (Wildman–Crippen LogP) is 2.90. The van der Waals surface area contributed by atoms with Crippen LogP contribution in [0.25, 0.3) is 0 Å². The third-order valence-corrected chi connectivity index (χ3v) is 5.55. The molecule has 10 heteroatoms. The molecule has 30 heavy (non-hydrogen) atoms. The Balaban J connectivity index is 1.46. The van der Waals surface area contributed by atoms with E-state index in [0.717, 1.165) is 11.3 Å². The molecule has 1 fully saturated rings. The van der Waals surface area contributed by atoms with E-state index < -0.39 is 23.4 Å². The van der Waals surface area contributed by atoms with Crippen molar-refractivity contribution in [2.24, 2.45) is 0 Å². The lowest BCUT2D eigenvalue weighted by molar-refractivity contribution is -0.123. The molecule has 3 heterocycles. The average molecular weight is 424 g/mol. The zero-order valence-corrected chi connectivity index (χ0v) is 16.5. The van der Waals surface area contributed by atoms with Crippen LogP contribution in [0.4, 0.5) is 15.5 Å². The van der Waals surface area contributed by atoms with Gasteiger partial charge in [0.15, 0.2) is 5.76 Å². The molecule has 9 nitrogen and oxygen atoms in total. The van der Waals surface area contributed by atoms with Gasteiger partial charge in [-0.25, -0.2) is 4.79 Å². The fourth-order valence-corrected chi connectivity index (χ4v) is 3.75. The van der Waals surface area contributed by atoms with Crippen LogP contribution in [0.15, 0.2) is 59.2 Å². The molecule has 1 saturated heterocycles. The summed E-state index contributed by atoms with van der Waals surface area (Å²) in [6.07, 6.45) is 1.40. The second kappa shape index (κ2) is 7.48. The van der Waals surface area contributed by atoms with Gasteiger partial charge in [0.25, 0.3) is 17.7 Å². The normalized spacial score (nSPS) is 17.9. The van der Waals surface area contributed by atoms with Gasteiger partial charge >= 0.3 is 6.03 Å². The fraction of sp³-hybridized carbons (Fsp3) is 0.100. The van der Waals surface area contributed by atoms with E-state index >= 15 is 0 Å². The summed E-state index contributed by atoms with van der Waals surface area (Å²) in [5.41, 5.74) is -0.229. The molecule has 1 aromatic carbocycles.